The van der Waals surface area contributed by atoms with Crippen LogP contribution in [-0.4, -0.2) is 56.7 Å². The van der Waals surface area contributed by atoms with Crippen LogP contribution in [-0.2, 0) is 16.6 Å². The quantitative estimate of drug-likeness (QED) is 0.677. The fourth-order valence-electron chi connectivity index (χ4n) is 2.55. The SMILES string of the molecule is CNCc1c(S(=O)(=O)NCC2CCCN2C)n[nH]c1C. The first-order valence-corrected chi connectivity index (χ1v) is 8.32. The van der Waals surface area contributed by atoms with Crippen LogP contribution < -0.4 is 10.0 Å². The molecule has 8 heteroatoms. The predicted molar refractivity (Wildman–Crippen MR) is 76.9 cm³/mol. The molecule has 1 aliphatic heterocycles. The van der Waals surface area contributed by atoms with Gasteiger partial charge < -0.3 is 10.2 Å². The number of nitrogens with zero attached hydrogens (tertiary/aromatic N) is 2. The number of sulfonamides is 1. The minimum atomic E-state index is -3.56. The monoisotopic (exact) mass is 301 g/mol. The Morgan fingerprint density at radius 3 is 2.85 bits per heavy atom. The van der Waals surface area contributed by atoms with E-state index in [1.54, 1.807) is 7.05 Å². The molecule has 3 N–H and O–H groups in total. The number of aryl methyl sites for hydroxylation is 1. The van der Waals surface area contributed by atoms with E-state index >= 15 is 0 Å². The van der Waals surface area contributed by atoms with E-state index < -0.39 is 10.0 Å². The molecule has 1 aromatic heterocycles. The maximum absolute atomic E-state index is 12.4. The largest absolute Gasteiger partial charge is 0.316 e. The van der Waals surface area contributed by atoms with Crippen LogP contribution in [0.5, 0.6) is 0 Å². The first-order chi connectivity index (χ1) is 9.45. The smallest absolute Gasteiger partial charge is 0.260 e. The second-order valence-corrected chi connectivity index (χ2v) is 6.97. The molecular formula is C12H23N5O2S. The number of hydrogen-bond acceptors (Lipinski definition) is 5. The van der Waals surface area contributed by atoms with E-state index in [-0.39, 0.29) is 11.1 Å². The van der Waals surface area contributed by atoms with Gasteiger partial charge >= 0.3 is 0 Å². The Kier molecular flexibility index (Phi) is 4.79. The van der Waals surface area contributed by atoms with Crippen LogP contribution >= 0.6 is 0 Å². The van der Waals surface area contributed by atoms with Crippen LogP contribution in [0.25, 0.3) is 0 Å². The van der Waals surface area contributed by atoms with Gasteiger partial charge in [-0.3, -0.25) is 5.10 Å². The number of hydrogen-bond donors (Lipinski definition) is 3. The Balaban J connectivity index is 2.10. The molecule has 0 aliphatic carbocycles. The highest BCUT2D eigenvalue weighted by atomic mass is 32.2. The first-order valence-electron chi connectivity index (χ1n) is 6.84. The summed E-state index contributed by atoms with van der Waals surface area (Å²) in [7, 11) is 0.244. The number of likely N-dealkylation sites (N-methyl/N-ethyl adjacent to an activating group) is 1. The lowest BCUT2D eigenvalue weighted by atomic mass is 10.2. The molecule has 0 amide bonds. The zero-order valence-electron chi connectivity index (χ0n) is 12.2. The van der Waals surface area contributed by atoms with E-state index in [2.05, 4.69) is 25.1 Å². The van der Waals surface area contributed by atoms with Gasteiger partial charge in [-0.2, -0.15) is 5.10 Å². The van der Waals surface area contributed by atoms with Crippen LogP contribution in [0, 0.1) is 6.92 Å². The summed E-state index contributed by atoms with van der Waals surface area (Å²) in [5.74, 6) is 0. The molecule has 1 fully saturated rings. The van der Waals surface area contributed by atoms with Crippen molar-refractivity contribution in [2.45, 2.75) is 37.4 Å². The molecule has 0 aromatic carbocycles. The van der Waals surface area contributed by atoms with Crippen molar-refractivity contribution in [1.29, 1.82) is 0 Å². The fourth-order valence-corrected chi connectivity index (χ4v) is 3.81. The molecule has 20 heavy (non-hydrogen) atoms. The third kappa shape index (κ3) is 3.20. The maximum atomic E-state index is 12.4. The van der Waals surface area contributed by atoms with Gasteiger partial charge in [-0.15, -0.1) is 0 Å². The molecule has 0 saturated carbocycles. The summed E-state index contributed by atoms with van der Waals surface area (Å²) in [6, 6.07) is 0.276. The highest BCUT2D eigenvalue weighted by Gasteiger charge is 2.27. The molecule has 2 rings (SSSR count). The summed E-state index contributed by atoms with van der Waals surface area (Å²) in [5, 5.41) is 9.76. The lowest BCUT2D eigenvalue weighted by molar-refractivity contribution is 0.310. The van der Waals surface area contributed by atoms with Gasteiger partial charge in [-0.05, 0) is 40.4 Å². The van der Waals surface area contributed by atoms with Crippen molar-refractivity contribution in [1.82, 2.24) is 25.1 Å². The molecule has 0 radical (unpaired) electrons. The van der Waals surface area contributed by atoms with Crippen molar-refractivity contribution in [3.63, 3.8) is 0 Å². The minimum Gasteiger partial charge on any atom is -0.316 e. The first kappa shape index (κ1) is 15.4. The van der Waals surface area contributed by atoms with Gasteiger partial charge in [-0.1, -0.05) is 0 Å². The lowest BCUT2D eigenvalue weighted by Crippen LogP contribution is -2.38. The van der Waals surface area contributed by atoms with Crippen molar-refractivity contribution in [2.24, 2.45) is 0 Å². The van der Waals surface area contributed by atoms with E-state index in [0.717, 1.165) is 25.1 Å². The fraction of sp³-hybridized carbons (Fsp3) is 0.750. The van der Waals surface area contributed by atoms with Crippen LogP contribution in [0.1, 0.15) is 24.1 Å². The highest BCUT2D eigenvalue weighted by molar-refractivity contribution is 7.89. The Morgan fingerprint density at radius 1 is 1.50 bits per heavy atom. The zero-order valence-corrected chi connectivity index (χ0v) is 13.0. The number of H-pyrrole nitrogens is 1. The predicted octanol–water partition coefficient (Wildman–Crippen LogP) is -0.190. The maximum Gasteiger partial charge on any atom is 0.260 e. The summed E-state index contributed by atoms with van der Waals surface area (Å²) < 4.78 is 27.4. The lowest BCUT2D eigenvalue weighted by Gasteiger charge is -2.19. The van der Waals surface area contributed by atoms with Crippen LogP contribution in [0.3, 0.4) is 0 Å². The topological polar surface area (TPSA) is 90.1 Å². The number of nitrogens with one attached hydrogen (secondary N) is 3. The van der Waals surface area contributed by atoms with Gasteiger partial charge in [0.2, 0.25) is 0 Å². The summed E-state index contributed by atoms with van der Waals surface area (Å²) >= 11 is 0. The molecule has 0 bridgehead atoms. The molecule has 1 saturated heterocycles. The summed E-state index contributed by atoms with van der Waals surface area (Å²) in [5.41, 5.74) is 1.47. The van der Waals surface area contributed by atoms with E-state index in [1.165, 1.54) is 0 Å². The Bertz CT molecular complexity index is 554. The van der Waals surface area contributed by atoms with Crippen LogP contribution in [0.15, 0.2) is 5.03 Å². The van der Waals surface area contributed by atoms with E-state index in [1.807, 2.05) is 14.0 Å². The van der Waals surface area contributed by atoms with Gasteiger partial charge in [0.15, 0.2) is 5.03 Å². The minimum absolute atomic E-state index is 0.102. The van der Waals surface area contributed by atoms with Gasteiger partial charge in [-0.25, -0.2) is 13.1 Å². The van der Waals surface area contributed by atoms with Crippen LogP contribution in [0.2, 0.25) is 0 Å². The van der Waals surface area contributed by atoms with Gasteiger partial charge in [0, 0.05) is 30.4 Å². The average molecular weight is 301 g/mol. The summed E-state index contributed by atoms with van der Waals surface area (Å²) in [6.45, 7) is 3.76. The molecule has 1 aromatic rings. The van der Waals surface area contributed by atoms with E-state index in [9.17, 15) is 8.42 Å². The van der Waals surface area contributed by atoms with Crippen molar-refractivity contribution in [3.8, 4) is 0 Å². The Labute approximate surface area is 120 Å². The van der Waals surface area contributed by atoms with Crippen molar-refractivity contribution in [3.05, 3.63) is 11.3 Å². The summed E-state index contributed by atoms with van der Waals surface area (Å²) in [4.78, 5) is 2.19. The number of rotatable bonds is 6. The van der Waals surface area contributed by atoms with E-state index in [4.69, 9.17) is 0 Å². The zero-order chi connectivity index (χ0) is 14.8. The van der Waals surface area contributed by atoms with Gasteiger partial charge in [0.05, 0.1) is 0 Å². The average Bonchev–Trinajstić information content (AvgIpc) is 2.95. The molecule has 114 valence electrons. The Hall–Kier alpha value is -0.960. The highest BCUT2D eigenvalue weighted by Crippen LogP contribution is 2.17. The van der Waals surface area contributed by atoms with Gasteiger partial charge in [0.1, 0.15) is 0 Å². The second kappa shape index (κ2) is 6.21. The Morgan fingerprint density at radius 2 is 2.25 bits per heavy atom. The third-order valence-electron chi connectivity index (χ3n) is 3.82. The molecule has 1 atom stereocenters. The molecule has 2 heterocycles. The second-order valence-electron chi connectivity index (χ2n) is 5.29. The van der Waals surface area contributed by atoms with Crippen molar-refractivity contribution in [2.75, 3.05) is 27.2 Å². The molecule has 7 nitrogen and oxygen atoms in total. The molecule has 0 spiro atoms. The molecule has 1 unspecified atom stereocenters. The van der Waals surface area contributed by atoms with Crippen molar-refractivity contribution >= 4 is 10.0 Å². The standard InChI is InChI=1S/C12H23N5O2S/c1-9-11(8-13-2)12(16-15-9)20(18,19)14-7-10-5-4-6-17(10)3/h10,13-14H,4-8H2,1-3H3,(H,15,16). The number of likely N-dealkylation sites (tertiary alicyclic amines) is 1. The molecule has 1 aliphatic rings. The summed E-state index contributed by atoms with van der Waals surface area (Å²) in [6.07, 6.45) is 2.15. The number of aromatic amines is 1. The normalized spacial score (nSPS) is 20.6. The van der Waals surface area contributed by atoms with Crippen LogP contribution in [0.4, 0.5) is 0 Å². The number of aromatic nitrogens is 2. The molecular weight excluding hydrogens is 278 g/mol. The third-order valence-corrected chi connectivity index (χ3v) is 5.22. The van der Waals surface area contributed by atoms with Crippen molar-refractivity contribution < 1.29 is 8.42 Å². The van der Waals surface area contributed by atoms with Gasteiger partial charge in [0.25, 0.3) is 10.0 Å². The van der Waals surface area contributed by atoms with E-state index in [0.29, 0.717) is 18.7 Å².